The lowest BCUT2D eigenvalue weighted by Crippen LogP contribution is -2.40. The van der Waals surface area contributed by atoms with E-state index >= 15 is 0 Å². The van der Waals surface area contributed by atoms with Gasteiger partial charge in [0.05, 0.1) is 6.54 Å². The van der Waals surface area contributed by atoms with Gasteiger partial charge in [0.2, 0.25) is 0 Å². The lowest BCUT2D eigenvalue weighted by Gasteiger charge is -2.31. The molecule has 0 bridgehead atoms. The Bertz CT molecular complexity index is 516. The number of amides is 1. The molecule has 2 rings (SSSR count). The zero-order valence-electron chi connectivity index (χ0n) is 11.0. The molecule has 0 fully saturated rings. The number of hydrogen-bond donors (Lipinski definition) is 0. The molecule has 0 atom stereocenters. The molecule has 0 saturated carbocycles. The van der Waals surface area contributed by atoms with E-state index in [1.807, 2.05) is 20.8 Å². The number of hydrogen-bond acceptors (Lipinski definition) is 4. The lowest BCUT2D eigenvalue weighted by molar-refractivity contribution is 0.0223. The van der Waals surface area contributed by atoms with Crippen molar-refractivity contribution in [2.24, 2.45) is 0 Å². The third kappa shape index (κ3) is 3.47. The van der Waals surface area contributed by atoms with Crippen molar-refractivity contribution in [2.45, 2.75) is 39.3 Å². The molecule has 0 spiro atoms. The Labute approximate surface area is 130 Å². The first-order valence-electron chi connectivity index (χ1n) is 5.95. The van der Waals surface area contributed by atoms with Gasteiger partial charge in [-0.3, -0.25) is 0 Å². The van der Waals surface area contributed by atoms with Crippen LogP contribution in [0.2, 0.25) is 5.15 Å². The SMILES string of the molecule is CC(C)(C)OC(=O)N1CCc2c(Cl)nnc(I)c2C1. The van der Waals surface area contributed by atoms with Gasteiger partial charge in [-0.15, -0.1) is 10.2 Å². The van der Waals surface area contributed by atoms with Crippen molar-refractivity contribution in [1.82, 2.24) is 15.1 Å². The van der Waals surface area contributed by atoms with E-state index in [-0.39, 0.29) is 6.09 Å². The number of aromatic nitrogens is 2. The van der Waals surface area contributed by atoms with E-state index in [2.05, 4.69) is 32.8 Å². The van der Waals surface area contributed by atoms with Gasteiger partial charge >= 0.3 is 6.09 Å². The number of fused-ring (bicyclic) bond motifs is 1. The first-order valence-corrected chi connectivity index (χ1v) is 7.41. The fourth-order valence-corrected chi connectivity index (χ4v) is 2.72. The van der Waals surface area contributed by atoms with E-state index in [0.29, 0.717) is 24.7 Å². The molecule has 0 radical (unpaired) electrons. The average molecular weight is 396 g/mol. The number of carbonyl (C=O) groups excluding carboxylic acids is 1. The average Bonchev–Trinajstić information content (AvgIpc) is 2.31. The zero-order valence-corrected chi connectivity index (χ0v) is 13.9. The Morgan fingerprint density at radius 2 is 2.05 bits per heavy atom. The van der Waals surface area contributed by atoms with Crippen LogP contribution in [0.5, 0.6) is 0 Å². The summed E-state index contributed by atoms with van der Waals surface area (Å²) in [5.74, 6) is 0. The highest BCUT2D eigenvalue weighted by molar-refractivity contribution is 14.1. The highest BCUT2D eigenvalue weighted by atomic mass is 127. The molecule has 1 aromatic heterocycles. The third-order valence-corrected chi connectivity index (χ3v) is 3.89. The molecule has 1 amide bonds. The zero-order chi connectivity index (χ0) is 14.2. The summed E-state index contributed by atoms with van der Waals surface area (Å²) in [7, 11) is 0. The molecule has 104 valence electrons. The third-order valence-electron chi connectivity index (χ3n) is 2.72. The highest BCUT2D eigenvalue weighted by Gasteiger charge is 2.28. The van der Waals surface area contributed by atoms with Gasteiger partial charge < -0.3 is 9.64 Å². The fraction of sp³-hybridized carbons (Fsp3) is 0.583. The maximum absolute atomic E-state index is 12.1. The van der Waals surface area contributed by atoms with Crippen molar-refractivity contribution < 1.29 is 9.53 Å². The molecule has 1 aromatic rings. The van der Waals surface area contributed by atoms with Gasteiger partial charge in [0.1, 0.15) is 9.30 Å². The Balaban J connectivity index is 2.18. The van der Waals surface area contributed by atoms with Gasteiger partial charge in [0.15, 0.2) is 5.15 Å². The lowest BCUT2D eigenvalue weighted by atomic mass is 10.0. The highest BCUT2D eigenvalue weighted by Crippen LogP contribution is 2.27. The van der Waals surface area contributed by atoms with E-state index in [9.17, 15) is 4.79 Å². The normalized spacial score (nSPS) is 15.1. The summed E-state index contributed by atoms with van der Waals surface area (Å²) in [5, 5.41) is 8.31. The summed E-state index contributed by atoms with van der Waals surface area (Å²) in [6.07, 6.45) is 0.376. The number of ether oxygens (including phenoxy) is 1. The summed E-state index contributed by atoms with van der Waals surface area (Å²) in [6, 6.07) is 0. The molecule has 19 heavy (non-hydrogen) atoms. The molecular formula is C12H15ClIN3O2. The van der Waals surface area contributed by atoms with E-state index in [4.69, 9.17) is 16.3 Å². The maximum atomic E-state index is 12.1. The van der Waals surface area contributed by atoms with E-state index < -0.39 is 5.60 Å². The monoisotopic (exact) mass is 395 g/mol. The molecule has 0 aromatic carbocycles. The van der Waals surface area contributed by atoms with Crippen LogP contribution in [0.3, 0.4) is 0 Å². The fourth-order valence-electron chi connectivity index (χ4n) is 1.87. The molecule has 2 heterocycles. The van der Waals surface area contributed by atoms with Crippen LogP contribution in [0.25, 0.3) is 0 Å². The predicted octanol–water partition coefficient (Wildman–Crippen LogP) is 3.03. The summed E-state index contributed by atoms with van der Waals surface area (Å²) >= 11 is 8.15. The summed E-state index contributed by atoms with van der Waals surface area (Å²) < 4.78 is 6.16. The van der Waals surface area contributed by atoms with Crippen LogP contribution in [-0.4, -0.2) is 33.3 Å². The molecular weight excluding hydrogens is 381 g/mol. The minimum atomic E-state index is -0.487. The van der Waals surface area contributed by atoms with Crippen LogP contribution in [-0.2, 0) is 17.7 Å². The van der Waals surface area contributed by atoms with Crippen LogP contribution < -0.4 is 0 Å². The van der Waals surface area contributed by atoms with Crippen molar-refractivity contribution in [3.8, 4) is 0 Å². The Morgan fingerprint density at radius 1 is 1.37 bits per heavy atom. The van der Waals surface area contributed by atoms with Gasteiger partial charge in [0, 0.05) is 17.7 Å². The van der Waals surface area contributed by atoms with Crippen molar-refractivity contribution in [3.63, 3.8) is 0 Å². The number of nitrogens with zero attached hydrogens (tertiary/aromatic N) is 3. The number of rotatable bonds is 0. The van der Waals surface area contributed by atoms with E-state index in [1.165, 1.54) is 0 Å². The van der Waals surface area contributed by atoms with Gasteiger partial charge in [-0.1, -0.05) is 11.6 Å². The van der Waals surface area contributed by atoms with Crippen molar-refractivity contribution in [1.29, 1.82) is 0 Å². The molecule has 0 aliphatic carbocycles. The predicted molar refractivity (Wildman–Crippen MR) is 80.1 cm³/mol. The largest absolute Gasteiger partial charge is 0.444 e. The van der Waals surface area contributed by atoms with Crippen LogP contribution in [0.1, 0.15) is 31.9 Å². The van der Waals surface area contributed by atoms with Crippen molar-refractivity contribution in [2.75, 3.05) is 6.54 Å². The summed E-state index contributed by atoms with van der Waals surface area (Å²) in [6.45, 7) is 6.62. The van der Waals surface area contributed by atoms with Gasteiger partial charge in [-0.2, -0.15) is 0 Å². The van der Waals surface area contributed by atoms with Gasteiger partial charge in [-0.05, 0) is 49.8 Å². The molecule has 0 unspecified atom stereocenters. The topological polar surface area (TPSA) is 55.3 Å². The summed E-state index contributed by atoms with van der Waals surface area (Å²) in [5.41, 5.74) is 1.47. The quantitative estimate of drug-likeness (QED) is 0.634. The van der Waals surface area contributed by atoms with Crippen molar-refractivity contribution in [3.05, 3.63) is 20.0 Å². The van der Waals surface area contributed by atoms with Crippen molar-refractivity contribution >= 4 is 40.3 Å². The molecule has 0 N–H and O–H groups in total. The van der Waals surface area contributed by atoms with Gasteiger partial charge in [0.25, 0.3) is 0 Å². The van der Waals surface area contributed by atoms with E-state index in [0.717, 1.165) is 14.8 Å². The van der Waals surface area contributed by atoms with Gasteiger partial charge in [-0.25, -0.2) is 4.79 Å². The second-order valence-electron chi connectivity index (χ2n) is 5.39. The van der Waals surface area contributed by atoms with E-state index in [1.54, 1.807) is 4.90 Å². The van der Waals surface area contributed by atoms with Crippen LogP contribution in [0, 0.1) is 3.70 Å². The minimum absolute atomic E-state index is 0.304. The standard InChI is InChI=1S/C12H15ClIN3O2/c1-12(2,3)19-11(18)17-5-4-7-8(6-17)10(14)16-15-9(7)13/h4-6H2,1-3H3. The maximum Gasteiger partial charge on any atom is 0.410 e. The van der Waals surface area contributed by atoms with Crippen LogP contribution >= 0.6 is 34.2 Å². The number of halogens is 2. The molecule has 5 nitrogen and oxygen atoms in total. The van der Waals surface area contributed by atoms with Crippen LogP contribution in [0.15, 0.2) is 0 Å². The Morgan fingerprint density at radius 3 is 2.68 bits per heavy atom. The molecule has 1 aliphatic heterocycles. The number of carbonyl (C=O) groups is 1. The molecule has 1 aliphatic rings. The first kappa shape index (κ1) is 14.8. The minimum Gasteiger partial charge on any atom is -0.444 e. The smallest absolute Gasteiger partial charge is 0.410 e. The second kappa shape index (κ2) is 5.40. The Kier molecular flexibility index (Phi) is 4.20. The molecule has 0 saturated heterocycles. The Hall–Kier alpha value is -0.630. The van der Waals surface area contributed by atoms with Crippen LogP contribution in [0.4, 0.5) is 4.79 Å². The second-order valence-corrected chi connectivity index (χ2v) is 6.77. The molecule has 7 heteroatoms. The summed E-state index contributed by atoms with van der Waals surface area (Å²) in [4.78, 5) is 13.7. The first-order chi connectivity index (χ1) is 8.78.